The van der Waals surface area contributed by atoms with Crippen molar-refractivity contribution in [3.63, 3.8) is 0 Å². The smallest absolute Gasteiger partial charge is 0.348 e. The molecule has 198 valence electrons. The van der Waals surface area contributed by atoms with Crippen LogP contribution in [0.4, 0.5) is 0 Å². The maximum Gasteiger partial charge on any atom is 0.348 e. The first kappa shape index (κ1) is 25.2. The third kappa shape index (κ3) is 4.64. The highest BCUT2D eigenvalue weighted by Crippen LogP contribution is 2.38. The van der Waals surface area contributed by atoms with E-state index in [0.717, 1.165) is 11.1 Å². The minimum Gasteiger partial charge on any atom is -0.497 e. The third-order valence-electron chi connectivity index (χ3n) is 6.89. The lowest BCUT2D eigenvalue weighted by atomic mass is 10.0. The quantitative estimate of drug-likeness (QED) is 0.126. The molecule has 0 spiro atoms. The summed E-state index contributed by atoms with van der Waals surface area (Å²) in [6.45, 7) is 4.26. The second-order valence-corrected chi connectivity index (χ2v) is 9.84. The summed E-state index contributed by atoms with van der Waals surface area (Å²) in [4.78, 5) is 26.6. The molecule has 0 unspecified atom stereocenters. The van der Waals surface area contributed by atoms with Crippen molar-refractivity contribution in [2.24, 2.45) is 0 Å². The average Bonchev–Trinajstić information content (AvgIpc) is 3.50. The number of benzene rings is 4. The number of Topliss-reactive ketones (excluding diaryl/α,β-unsaturated/α-hetero) is 1. The zero-order valence-electron chi connectivity index (χ0n) is 22.3. The number of hydrogen-bond acceptors (Lipinski definition) is 6. The molecular weight excluding hydrogens is 504 g/mol. The summed E-state index contributed by atoms with van der Waals surface area (Å²) in [5.74, 6) is 1.38. The summed E-state index contributed by atoms with van der Waals surface area (Å²) in [5.41, 5.74) is 4.04. The molecule has 6 nitrogen and oxygen atoms in total. The Morgan fingerprint density at radius 3 is 2.35 bits per heavy atom. The number of fused-ring (bicyclic) bond motifs is 2. The van der Waals surface area contributed by atoms with Crippen LogP contribution in [0.2, 0.25) is 0 Å². The third-order valence-corrected chi connectivity index (χ3v) is 6.89. The molecule has 4 aromatic carbocycles. The minimum absolute atomic E-state index is 0.218. The van der Waals surface area contributed by atoms with Gasteiger partial charge in [0.1, 0.15) is 34.2 Å². The number of allylic oxidation sites excluding steroid dienone is 1. The van der Waals surface area contributed by atoms with Gasteiger partial charge in [-0.3, -0.25) is 4.79 Å². The average molecular weight is 531 g/mol. The van der Waals surface area contributed by atoms with Gasteiger partial charge in [0.05, 0.1) is 12.7 Å². The van der Waals surface area contributed by atoms with E-state index in [0.29, 0.717) is 39.7 Å². The van der Waals surface area contributed by atoms with Crippen LogP contribution in [0.15, 0.2) is 101 Å². The summed E-state index contributed by atoms with van der Waals surface area (Å²) < 4.78 is 23.2. The zero-order chi connectivity index (χ0) is 27.8. The number of ketones is 1. The van der Waals surface area contributed by atoms with Gasteiger partial charge in [-0.25, -0.2) is 4.79 Å². The fourth-order valence-electron chi connectivity index (χ4n) is 4.72. The highest BCUT2D eigenvalue weighted by molar-refractivity contribution is 6.15. The molecule has 0 radical (unpaired) electrons. The lowest BCUT2D eigenvalue weighted by molar-refractivity contribution is 0.0736. The number of esters is 1. The molecule has 0 aliphatic carbocycles. The van der Waals surface area contributed by atoms with Crippen molar-refractivity contribution in [3.8, 4) is 28.6 Å². The van der Waals surface area contributed by atoms with Crippen molar-refractivity contribution in [1.82, 2.24) is 0 Å². The summed E-state index contributed by atoms with van der Waals surface area (Å²) in [6, 6.07) is 27.4. The summed E-state index contributed by atoms with van der Waals surface area (Å²) in [5, 5.41) is 0.574. The molecule has 2 heterocycles. The highest BCUT2D eigenvalue weighted by Gasteiger charge is 2.29. The van der Waals surface area contributed by atoms with Gasteiger partial charge in [0.25, 0.3) is 0 Å². The minimum atomic E-state index is -0.601. The summed E-state index contributed by atoms with van der Waals surface area (Å²) >= 11 is 0. The monoisotopic (exact) mass is 530 g/mol. The van der Waals surface area contributed by atoms with Crippen LogP contribution in [-0.4, -0.2) is 18.9 Å². The molecule has 1 aliphatic rings. The van der Waals surface area contributed by atoms with E-state index < -0.39 is 5.97 Å². The molecule has 0 atom stereocenters. The second-order valence-electron chi connectivity index (χ2n) is 9.84. The Bertz CT molecular complexity index is 1780. The van der Waals surface area contributed by atoms with Gasteiger partial charge >= 0.3 is 5.97 Å². The molecular formula is C34H26O6. The summed E-state index contributed by atoms with van der Waals surface area (Å²) in [7, 11) is 1.56. The molecule has 6 heteroatoms. The van der Waals surface area contributed by atoms with Crippen LogP contribution in [0.1, 0.15) is 51.6 Å². The number of carbonyl (C=O) groups excluding carboxylic acids is 2. The zero-order valence-corrected chi connectivity index (χ0v) is 22.3. The van der Waals surface area contributed by atoms with Crippen molar-refractivity contribution in [2.45, 2.75) is 19.8 Å². The first-order chi connectivity index (χ1) is 19.4. The number of hydrogen-bond donors (Lipinski definition) is 0. The molecule has 0 bridgehead atoms. The Labute approximate surface area is 231 Å². The van der Waals surface area contributed by atoms with Crippen LogP contribution in [0, 0.1) is 0 Å². The van der Waals surface area contributed by atoms with Gasteiger partial charge in [-0.05, 0) is 53.5 Å². The van der Waals surface area contributed by atoms with E-state index in [-0.39, 0.29) is 22.9 Å². The predicted molar refractivity (Wildman–Crippen MR) is 153 cm³/mol. The van der Waals surface area contributed by atoms with Gasteiger partial charge in [-0.2, -0.15) is 0 Å². The first-order valence-corrected chi connectivity index (χ1v) is 13.0. The van der Waals surface area contributed by atoms with Crippen LogP contribution in [0.25, 0.3) is 28.4 Å². The van der Waals surface area contributed by atoms with E-state index >= 15 is 0 Å². The Balaban J connectivity index is 1.30. The van der Waals surface area contributed by atoms with Crippen molar-refractivity contribution >= 4 is 28.8 Å². The molecule has 0 N–H and O–H groups in total. The van der Waals surface area contributed by atoms with E-state index in [2.05, 4.69) is 13.8 Å². The normalized spacial score (nSPS) is 13.5. The van der Waals surface area contributed by atoms with Gasteiger partial charge in [0.2, 0.25) is 5.78 Å². The number of rotatable bonds is 6. The second kappa shape index (κ2) is 10.2. The maximum absolute atomic E-state index is 13.6. The highest BCUT2D eigenvalue weighted by atomic mass is 16.5. The van der Waals surface area contributed by atoms with E-state index in [4.69, 9.17) is 18.6 Å². The van der Waals surface area contributed by atoms with Crippen LogP contribution in [0.5, 0.6) is 17.2 Å². The van der Waals surface area contributed by atoms with Gasteiger partial charge < -0.3 is 18.6 Å². The Morgan fingerprint density at radius 2 is 1.62 bits per heavy atom. The topological polar surface area (TPSA) is 75.0 Å². The number of ether oxygens (including phenoxy) is 3. The predicted octanol–water partition coefficient (Wildman–Crippen LogP) is 8.07. The fourth-order valence-corrected chi connectivity index (χ4v) is 4.72. The lowest BCUT2D eigenvalue weighted by Gasteiger charge is -2.07. The SMILES string of the molecule is COc1ccc2oc(-c3ccccc3)c(C(=O)Oc3ccc4c(c3)OC(=Cc3ccc(C(C)C)cc3)C4=O)c2c1. The molecule has 1 aromatic heterocycles. The van der Waals surface area contributed by atoms with Gasteiger partial charge in [-0.1, -0.05) is 68.4 Å². The molecule has 6 rings (SSSR count). The van der Waals surface area contributed by atoms with E-state index in [1.165, 1.54) is 5.56 Å². The van der Waals surface area contributed by atoms with E-state index in [9.17, 15) is 9.59 Å². The molecule has 0 saturated carbocycles. The van der Waals surface area contributed by atoms with Crippen LogP contribution < -0.4 is 14.2 Å². The Morgan fingerprint density at radius 1 is 0.875 bits per heavy atom. The standard InChI is InChI=1S/C34H26O6/c1-20(2)22-11-9-21(10-12-22)17-30-32(35)26-15-13-25(19-29(26)39-30)38-34(36)31-27-18-24(37-3)14-16-28(27)40-33(31)23-7-5-4-6-8-23/h4-20H,1-3H3. The molecule has 1 aliphatic heterocycles. The van der Waals surface area contributed by atoms with Crippen molar-refractivity contribution in [1.29, 1.82) is 0 Å². The number of methoxy groups -OCH3 is 1. The van der Waals surface area contributed by atoms with E-state index in [1.807, 2.05) is 54.6 Å². The van der Waals surface area contributed by atoms with Crippen LogP contribution in [-0.2, 0) is 0 Å². The Kier molecular flexibility index (Phi) is 6.44. The van der Waals surface area contributed by atoms with Gasteiger partial charge in [-0.15, -0.1) is 0 Å². The number of furan rings is 1. The van der Waals surface area contributed by atoms with Crippen molar-refractivity contribution < 1.29 is 28.2 Å². The van der Waals surface area contributed by atoms with Crippen molar-refractivity contribution in [2.75, 3.05) is 7.11 Å². The molecule has 0 amide bonds. The maximum atomic E-state index is 13.6. The van der Waals surface area contributed by atoms with Gasteiger partial charge in [0.15, 0.2) is 5.76 Å². The fraction of sp³-hybridized carbons (Fsp3) is 0.118. The molecule has 0 saturated heterocycles. The molecule has 40 heavy (non-hydrogen) atoms. The van der Waals surface area contributed by atoms with Gasteiger partial charge in [0, 0.05) is 17.0 Å². The summed E-state index contributed by atoms with van der Waals surface area (Å²) in [6.07, 6.45) is 1.72. The van der Waals surface area contributed by atoms with E-state index in [1.54, 1.807) is 49.6 Å². The largest absolute Gasteiger partial charge is 0.497 e. The van der Waals surface area contributed by atoms with Crippen LogP contribution >= 0.6 is 0 Å². The molecule has 0 fully saturated rings. The Hall–Kier alpha value is -5.10. The van der Waals surface area contributed by atoms with Crippen LogP contribution in [0.3, 0.4) is 0 Å². The molecule has 5 aromatic rings. The number of carbonyl (C=O) groups is 2. The first-order valence-electron chi connectivity index (χ1n) is 13.0. The van der Waals surface area contributed by atoms with Crippen molar-refractivity contribution in [3.05, 3.63) is 119 Å². The lowest BCUT2D eigenvalue weighted by Crippen LogP contribution is -2.09.